The highest BCUT2D eigenvalue weighted by molar-refractivity contribution is 5.81. The number of nitrogens with one attached hydrogen (secondary N) is 2. The first-order chi connectivity index (χ1) is 9.38. The molecule has 0 atom stereocenters. The lowest BCUT2D eigenvalue weighted by atomic mass is 10.1. The van der Waals surface area contributed by atoms with Crippen molar-refractivity contribution in [3.63, 3.8) is 0 Å². The Morgan fingerprint density at radius 3 is 2.55 bits per heavy atom. The molecule has 0 saturated heterocycles. The van der Waals surface area contributed by atoms with Crippen molar-refractivity contribution in [2.75, 3.05) is 18.4 Å². The summed E-state index contributed by atoms with van der Waals surface area (Å²) in [5.41, 5.74) is -1.03. The average molecular weight is 282 g/mol. The summed E-state index contributed by atoms with van der Waals surface area (Å²) < 4.78 is 37.4. The lowest BCUT2D eigenvalue weighted by Gasteiger charge is -2.11. The van der Waals surface area contributed by atoms with Crippen LogP contribution < -0.4 is 10.6 Å². The average Bonchev–Trinajstić information content (AvgIpc) is 2.41. The van der Waals surface area contributed by atoms with Gasteiger partial charge >= 0.3 is 6.18 Å². The second kappa shape index (κ2) is 6.43. The maximum Gasteiger partial charge on any atom is 0.416 e. The number of carbonyl (C=O) groups excluding carboxylic acids is 1. The van der Waals surface area contributed by atoms with Crippen LogP contribution in [0.15, 0.2) is 18.2 Å². The van der Waals surface area contributed by atoms with Gasteiger partial charge in [0, 0.05) is 0 Å². The lowest BCUT2D eigenvalue weighted by molar-refractivity contribution is -0.137. The molecule has 1 aromatic carbocycles. The molecule has 20 heavy (non-hydrogen) atoms. The number of anilines is 1. The minimum absolute atomic E-state index is 0.118. The van der Waals surface area contributed by atoms with Gasteiger partial charge < -0.3 is 10.6 Å². The molecule has 8 heteroatoms. The normalized spacial score (nSPS) is 10.2. The Morgan fingerprint density at radius 2 is 2.00 bits per heavy atom. The molecule has 1 amide bonds. The van der Waals surface area contributed by atoms with E-state index in [0.29, 0.717) is 6.07 Å². The molecule has 0 radical (unpaired) electrons. The predicted octanol–water partition coefficient (Wildman–Crippen LogP) is 1.63. The Labute approximate surface area is 112 Å². The molecule has 0 aliphatic carbocycles. The largest absolute Gasteiger partial charge is 0.416 e. The standard InChI is InChI=1S/C12H9F3N4O/c13-12(14,15)9-1-2-10(8(5-9)6-17)19-7-11(20)18-4-3-16/h1-2,5,19H,4,7H2,(H,18,20). The lowest BCUT2D eigenvalue weighted by Crippen LogP contribution is -2.30. The smallest absolute Gasteiger partial charge is 0.375 e. The molecule has 5 nitrogen and oxygen atoms in total. The van der Waals surface area contributed by atoms with E-state index >= 15 is 0 Å². The van der Waals surface area contributed by atoms with Crippen molar-refractivity contribution in [2.24, 2.45) is 0 Å². The Kier molecular flexibility index (Phi) is 4.93. The van der Waals surface area contributed by atoms with E-state index in [0.717, 1.165) is 12.1 Å². The number of benzene rings is 1. The highest BCUT2D eigenvalue weighted by Crippen LogP contribution is 2.31. The molecule has 0 aromatic heterocycles. The van der Waals surface area contributed by atoms with Crippen LogP contribution in [0.4, 0.5) is 18.9 Å². The number of carbonyl (C=O) groups is 1. The summed E-state index contributed by atoms with van der Waals surface area (Å²) in [5, 5.41) is 21.9. The van der Waals surface area contributed by atoms with Crippen LogP contribution >= 0.6 is 0 Å². The Hall–Kier alpha value is -2.74. The molecule has 0 heterocycles. The van der Waals surface area contributed by atoms with Gasteiger partial charge in [-0.15, -0.1) is 0 Å². The van der Waals surface area contributed by atoms with Gasteiger partial charge in [-0.1, -0.05) is 0 Å². The number of alkyl halides is 3. The van der Waals surface area contributed by atoms with E-state index in [-0.39, 0.29) is 24.3 Å². The monoisotopic (exact) mass is 282 g/mol. The quantitative estimate of drug-likeness (QED) is 0.821. The highest BCUT2D eigenvalue weighted by Gasteiger charge is 2.31. The number of nitrogens with zero attached hydrogens (tertiary/aromatic N) is 2. The summed E-state index contributed by atoms with van der Waals surface area (Å²) in [6.07, 6.45) is -4.53. The predicted molar refractivity (Wildman–Crippen MR) is 63.3 cm³/mol. The molecule has 0 saturated carbocycles. The number of halogens is 3. The third-order valence-corrected chi connectivity index (χ3v) is 2.27. The van der Waals surface area contributed by atoms with E-state index < -0.39 is 17.6 Å². The fourth-order valence-corrected chi connectivity index (χ4v) is 1.34. The summed E-state index contributed by atoms with van der Waals surface area (Å²) in [6, 6.07) is 5.94. The second-order valence-electron chi connectivity index (χ2n) is 3.66. The molecular weight excluding hydrogens is 273 g/mol. The van der Waals surface area contributed by atoms with E-state index in [9.17, 15) is 18.0 Å². The number of nitriles is 2. The molecule has 0 spiro atoms. The summed E-state index contributed by atoms with van der Waals surface area (Å²) in [7, 11) is 0. The SMILES string of the molecule is N#CCNC(=O)CNc1ccc(C(F)(F)F)cc1C#N. The van der Waals surface area contributed by atoms with Gasteiger partial charge in [0.05, 0.1) is 29.4 Å². The van der Waals surface area contributed by atoms with E-state index in [1.807, 2.05) is 0 Å². The third-order valence-electron chi connectivity index (χ3n) is 2.27. The first-order valence-corrected chi connectivity index (χ1v) is 5.37. The Balaban J connectivity index is 2.80. The molecule has 0 fully saturated rings. The zero-order chi connectivity index (χ0) is 15.2. The van der Waals surface area contributed by atoms with Gasteiger partial charge in [0.1, 0.15) is 12.6 Å². The van der Waals surface area contributed by atoms with Crippen LogP contribution in [-0.2, 0) is 11.0 Å². The number of rotatable bonds is 4. The molecule has 0 aliphatic rings. The van der Waals surface area contributed by atoms with Gasteiger partial charge in [0.15, 0.2) is 0 Å². The second-order valence-corrected chi connectivity index (χ2v) is 3.66. The Morgan fingerprint density at radius 1 is 1.30 bits per heavy atom. The van der Waals surface area contributed by atoms with E-state index in [2.05, 4.69) is 10.6 Å². The van der Waals surface area contributed by atoms with Crippen LogP contribution in [0.2, 0.25) is 0 Å². The molecule has 0 aliphatic heterocycles. The van der Waals surface area contributed by atoms with Gasteiger partial charge in [0.2, 0.25) is 5.91 Å². The third kappa shape index (κ3) is 4.18. The molecule has 2 N–H and O–H groups in total. The Bertz CT molecular complexity index is 584. The highest BCUT2D eigenvalue weighted by atomic mass is 19.4. The number of hydrogen-bond donors (Lipinski definition) is 2. The maximum absolute atomic E-state index is 12.5. The minimum Gasteiger partial charge on any atom is -0.375 e. The molecule has 0 unspecified atom stereocenters. The summed E-state index contributed by atoms with van der Waals surface area (Å²) >= 11 is 0. The van der Waals surface area contributed by atoms with Crippen LogP contribution in [0, 0.1) is 22.7 Å². The maximum atomic E-state index is 12.5. The van der Waals surface area contributed by atoms with Crippen LogP contribution in [0.25, 0.3) is 0 Å². The van der Waals surface area contributed by atoms with Gasteiger partial charge in [-0.2, -0.15) is 23.7 Å². The summed E-state index contributed by atoms with van der Waals surface area (Å²) in [5.74, 6) is -0.504. The molecule has 104 valence electrons. The van der Waals surface area contributed by atoms with E-state index in [1.165, 1.54) is 0 Å². The van der Waals surface area contributed by atoms with Crippen molar-refractivity contribution >= 4 is 11.6 Å². The zero-order valence-electron chi connectivity index (χ0n) is 10.1. The van der Waals surface area contributed by atoms with Crippen LogP contribution in [-0.4, -0.2) is 19.0 Å². The van der Waals surface area contributed by atoms with Crippen LogP contribution in [0.3, 0.4) is 0 Å². The van der Waals surface area contributed by atoms with Crippen molar-refractivity contribution in [1.82, 2.24) is 5.32 Å². The van der Waals surface area contributed by atoms with Gasteiger partial charge in [0.25, 0.3) is 0 Å². The molecule has 1 rings (SSSR count). The van der Waals surface area contributed by atoms with Gasteiger partial charge in [-0.25, -0.2) is 0 Å². The minimum atomic E-state index is -4.53. The van der Waals surface area contributed by atoms with Crippen molar-refractivity contribution in [3.05, 3.63) is 29.3 Å². The first kappa shape index (κ1) is 15.3. The molecule has 0 bridgehead atoms. The summed E-state index contributed by atoms with van der Waals surface area (Å²) in [4.78, 5) is 11.2. The van der Waals surface area contributed by atoms with Gasteiger partial charge in [-0.05, 0) is 18.2 Å². The van der Waals surface area contributed by atoms with Crippen molar-refractivity contribution in [2.45, 2.75) is 6.18 Å². The summed E-state index contributed by atoms with van der Waals surface area (Å²) in [6.45, 7) is -0.416. The number of hydrogen-bond acceptors (Lipinski definition) is 4. The van der Waals surface area contributed by atoms with Crippen LogP contribution in [0.5, 0.6) is 0 Å². The molecule has 1 aromatic rings. The zero-order valence-corrected chi connectivity index (χ0v) is 10.1. The van der Waals surface area contributed by atoms with Crippen molar-refractivity contribution < 1.29 is 18.0 Å². The topological polar surface area (TPSA) is 88.7 Å². The first-order valence-electron chi connectivity index (χ1n) is 5.37. The van der Waals surface area contributed by atoms with Gasteiger partial charge in [-0.3, -0.25) is 4.79 Å². The molecular formula is C12H9F3N4O. The van der Waals surface area contributed by atoms with E-state index in [1.54, 1.807) is 12.1 Å². The van der Waals surface area contributed by atoms with Crippen molar-refractivity contribution in [3.8, 4) is 12.1 Å². The van der Waals surface area contributed by atoms with Crippen molar-refractivity contribution in [1.29, 1.82) is 10.5 Å². The van der Waals surface area contributed by atoms with Crippen LogP contribution in [0.1, 0.15) is 11.1 Å². The fourth-order valence-electron chi connectivity index (χ4n) is 1.34. The van der Waals surface area contributed by atoms with E-state index in [4.69, 9.17) is 10.5 Å². The number of amides is 1. The fraction of sp³-hybridized carbons (Fsp3) is 0.250.